The number of hydrogen-bond donors (Lipinski definition) is 5. The molecule has 1 aromatic rings. The first kappa shape index (κ1) is 17.4. The fourth-order valence-corrected chi connectivity index (χ4v) is 3.18. The zero-order valence-electron chi connectivity index (χ0n) is 11.8. The van der Waals surface area contributed by atoms with Gasteiger partial charge >= 0.3 is 6.09 Å². The number of rotatable bonds is 4. The number of carbonyl (C=O) groups excluding carboxylic acids is 1. The molecule has 0 aromatic heterocycles. The van der Waals surface area contributed by atoms with Gasteiger partial charge in [-0.05, 0) is 24.6 Å². The van der Waals surface area contributed by atoms with E-state index < -0.39 is 28.1 Å². The van der Waals surface area contributed by atoms with Crippen molar-refractivity contribution in [1.82, 2.24) is 10.3 Å². The van der Waals surface area contributed by atoms with E-state index in [9.17, 15) is 18.0 Å². The predicted octanol–water partition coefficient (Wildman–Crippen LogP) is -0.172. The summed E-state index contributed by atoms with van der Waals surface area (Å²) in [6, 6.07) is 4.69. The molecule has 0 saturated carbocycles. The molecule has 11 heteroatoms. The van der Waals surface area contributed by atoms with Crippen molar-refractivity contribution in [3.63, 3.8) is 0 Å². The molecule has 9 nitrogen and oxygen atoms in total. The second kappa shape index (κ2) is 6.64. The van der Waals surface area contributed by atoms with Crippen LogP contribution in [0, 0.1) is 0 Å². The van der Waals surface area contributed by atoms with Crippen LogP contribution in [0.3, 0.4) is 0 Å². The van der Waals surface area contributed by atoms with Crippen molar-refractivity contribution in [1.29, 1.82) is 0 Å². The number of thiol groups is 1. The molecule has 1 heterocycles. The lowest BCUT2D eigenvalue weighted by Gasteiger charge is -2.21. The summed E-state index contributed by atoms with van der Waals surface area (Å²) >= 11 is 4.20. The fourth-order valence-electron chi connectivity index (χ4n) is 2.24. The molecule has 0 radical (unpaired) electrons. The van der Waals surface area contributed by atoms with Crippen LogP contribution in [0.2, 0.25) is 0 Å². The molecule has 0 unspecified atom stereocenters. The van der Waals surface area contributed by atoms with E-state index in [2.05, 4.69) is 23.5 Å². The lowest BCUT2D eigenvalue weighted by molar-refractivity contribution is -0.124. The maximum Gasteiger partial charge on any atom is 0.408 e. The van der Waals surface area contributed by atoms with Crippen LogP contribution in [0.15, 0.2) is 29.2 Å². The molecule has 1 saturated heterocycles. The maximum atomic E-state index is 12.1. The number of carboxylic acid groups (broad SMARTS) is 1. The van der Waals surface area contributed by atoms with Gasteiger partial charge < -0.3 is 5.11 Å². The van der Waals surface area contributed by atoms with Crippen molar-refractivity contribution in [2.45, 2.75) is 22.6 Å². The van der Waals surface area contributed by atoms with Gasteiger partial charge in [-0.2, -0.15) is 12.6 Å². The molecule has 2 atom stereocenters. The van der Waals surface area contributed by atoms with Gasteiger partial charge in [0.2, 0.25) is 10.0 Å². The third kappa shape index (κ3) is 4.27. The van der Waals surface area contributed by atoms with Crippen LogP contribution in [-0.2, 0) is 14.8 Å². The topological polar surface area (TPSA) is 142 Å². The lowest BCUT2D eigenvalue weighted by Crippen LogP contribution is -2.47. The Morgan fingerprint density at radius 3 is 2.70 bits per heavy atom. The highest BCUT2D eigenvalue weighted by molar-refractivity contribution is 7.89. The number of benzene rings is 1. The quantitative estimate of drug-likeness (QED) is 0.373. The Labute approximate surface area is 138 Å². The van der Waals surface area contributed by atoms with Gasteiger partial charge in [0.15, 0.2) is 0 Å². The number of nitrogens with one attached hydrogen (secondary N) is 2. The van der Waals surface area contributed by atoms with E-state index in [1.165, 1.54) is 24.3 Å². The first-order valence-corrected chi connectivity index (χ1v) is 8.61. The highest BCUT2D eigenvalue weighted by atomic mass is 32.2. The maximum absolute atomic E-state index is 12.1. The van der Waals surface area contributed by atoms with Gasteiger partial charge in [-0.15, -0.1) is 0 Å². The number of primary sulfonamides is 1. The van der Waals surface area contributed by atoms with Gasteiger partial charge in [-0.25, -0.2) is 18.4 Å². The minimum Gasteiger partial charge on any atom is -0.465 e. The molecule has 23 heavy (non-hydrogen) atoms. The van der Waals surface area contributed by atoms with E-state index in [1.807, 2.05) is 0 Å². The minimum atomic E-state index is -3.86. The Kier molecular flexibility index (Phi) is 5.02. The van der Waals surface area contributed by atoms with Crippen LogP contribution in [-0.4, -0.2) is 48.3 Å². The summed E-state index contributed by atoms with van der Waals surface area (Å²) in [5.74, 6) is -0.551. The van der Waals surface area contributed by atoms with E-state index in [-0.39, 0.29) is 16.7 Å². The average Bonchev–Trinajstić information content (AvgIpc) is 2.86. The molecule has 2 amide bonds. The highest BCUT2D eigenvalue weighted by Crippen LogP contribution is 2.22. The van der Waals surface area contributed by atoms with E-state index in [1.54, 1.807) is 0 Å². The van der Waals surface area contributed by atoms with E-state index in [4.69, 9.17) is 10.2 Å². The first-order valence-electron chi connectivity index (χ1n) is 6.55. The molecule has 0 spiro atoms. The molecule has 126 valence electrons. The average molecular weight is 360 g/mol. The molecule has 1 aliphatic heterocycles. The van der Waals surface area contributed by atoms with Gasteiger partial charge in [0.1, 0.15) is 6.04 Å². The molecule has 1 fully saturated rings. The number of likely N-dealkylation sites (tertiary alicyclic amines) is 1. The molecule has 1 aliphatic rings. The molecule has 2 rings (SSSR count). The molecular weight excluding hydrogens is 344 g/mol. The molecular formula is C12H16N4O5S2. The second-order valence-corrected chi connectivity index (χ2v) is 7.32. The summed E-state index contributed by atoms with van der Waals surface area (Å²) in [7, 11) is -3.86. The normalized spacial score (nSPS) is 21.0. The number of nitrogens with two attached hydrogens (primary N) is 1. The third-order valence-corrected chi connectivity index (χ3v) is 4.61. The number of amides is 2. The number of nitrogens with zero attached hydrogens (tertiary/aromatic N) is 1. The molecule has 5 N–H and O–H groups in total. The van der Waals surface area contributed by atoms with Gasteiger partial charge in [0.05, 0.1) is 10.6 Å². The van der Waals surface area contributed by atoms with Gasteiger partial charge in [-0.1, -0.05) is 6.07 Å². The Morgan fingerprint density at radius 1 is 1.39 bits per heavy atom. The monoisotopic (exact) mass is 360 g/mol. The largest absolute Gasteiger partial charge is 0.465 e. The van der Waals surface area contributed by atoms with Gasteiger partial charge in [0.25, 0.3) is 5.91 Å². The zero-order chi connectivity index (χ0) is 17.2. The summed E-state index contributed by atoms with van der Waals surface area (Å²) in [6.45, 7) is 0.164. The van der Waals surface area contributed by atoms with Crippen molar-refractivity contribution >= 4 is 40.3 Å². The van der Waals surface area contributed by atoms with Crippen LogP contribution in [0.4, 0.5) is 10.5 Å². The predicted molar refractivity (Wildman–Crippen MR) is 85.5 cm³/mol. The number of anilines is 1. The Balaban J connectivity index is 2.03. The summed E-state index contributed by atoms with van der Waals surface area (Å²) in [5.41, 5.74) is 5.20. The fraction of sp³-hybridized carbons (Fsp3) is 0.333. The van der Waals surface area contributed by atoms with Crippen molar-refractivity contribution in [3.05, 3.63) is 24.3 Å². The van der Waals surface area contributed by atoms with Crippen molar-refractivity contribution in [3.8, 4) is 0 Å². The summed E-state index contributed by atoms with van der Waals surface area (Å²) in [4.78, 5) is 24.1. The van der Waals surface area contributed by atoms with Gasteiger partial charge in [0, 0.05) is 11.8 Å². The van der Waals surface area contributed by atoms with Crippen molar-refractivity contribution in [2.24, 2.45) is 5.14 Å². The van der Waals surface area contributed by atoms with Crippen molar-refractivity contribution < 1.29 is 23.1 Å². The first-order chi connectivity index (χ1) is 10.7. The van der Waals surface area contributed by atoms with E-state index in [0.29, 0.717) is 12.1 Å². The van der Waals surface area contributed by atoms with Crippen molar-refractivity contribution in [2.75, 3.05) is 12.0 Å². The van der Waals surface area contributed by atoms with Crippen LogP contribution < -0.4 is 16.0 Å². The third-order valence-electron chi connectivity index (χ3n) is 3.32. The van der Waals surface area contributed by atoms with Crippen LogP contribution in [0.5, 0.6) is 0 Å². The summed E-state index contributed by atoms with van der Waals surface area (Å²) in [5, 5.41) is 13.9. The van der Waals surface area contributed by atoms with Gasteiger partial charge in [-0.3, -0.25) is 20.5 Å². The second-order valence-electron chi connectivity index (χ2n) is 5.03. The SMILES string of the molecule is NS(=O)(=O)c1cccc(NNC(=O)[C@@H]2C[C@H](S)CN2C(=O)O)c1. The number of sulfonamides is 1. The minimum absolute atomic E-state index is 0.111. The van der Waals surface area contributed by atoms with E-state index >= 15 is 0 Å². The standard InChI is InChI=1S/C12H16N4O5S2/c13-23(20,21)9-3-1-2-7(4-9)14-15-11(17)10-5-8(22)6-16(10)12(18)19/h1-4,8,10,14,22H,5-6H2,(H,15,17)(H,18,19)(H2,13,20,21)/t8-,10-/m0/s1. The number of hydrogen-bond acceptors (Lipinski definition) is 6. The molecule has 0 bridgehead atoms. The number of hydrazine groups is 1. The molecule has 0 aliphatic carbocycles. The smallest absolute Gasteiger partial charge is 0.408 e. The Hall–Kier alpha value is -1.98. The number of carbonyl (C=O) groups is 2. The lowest BCUT2D eigenvalue weighted by atomic mass is 10.2. The summed E-state index contributed by atoms with van der Waals surface area (Å²) in [6.07, 6.45) is -0.905. The molecule has 1 aromatic carbocycles. The highest BCUT2D eigenvalue weighted by Gasteiger charge is 2.38. The van der Waals surface area contributed by atoms with Crippen LogP contribution >= 0.6 is 12.6 Å². The summed E-state index contributed by atoms with van der Waals surface area (Å²) < 4.78 is 22.5. The zero-order valence-corrected chi connectivity index (χ0v) is 13.5. The van der Waals surface area contributed by atoms with Crippen LogP contribution in [0.1, 0.15) is 6.42 Å². The van der Waals surface area contributed by atoms with Crippen LogP contribution in [0.25, 0.3) is 0 Å². The van der Waals surface area contributed by atoms with E-state index in [0.717, 1.165) is 4.90 Å². The Bertz CT molecular complexity index is 724. The Morgan fingerprint density at radius 2 is 2.09 bits per heavy atom.